The molecule has 1 N–H and O–H groups in total. The molecule has 1 aliphatic heterocycles. The molecule has 2 atom stereocenters. The Morgan fingerprint density at radius 3 is 2.71 bits per heavy atom. The van der Waals surface area contributed by atoms with Gasteiger partial charge in [0.05, 0.1) is 0 Å². The Morgan fingerprint density at radius 1 is 1.35 bits per heavy atom. The SMILES string of the molecule is CNC1CCCN(C(C)c2ccc(F)cc2)C1. The molecule has 2 unspecified atom stereocenters. The minimum atomic E-state index is -0.160. The van der Waals surface area contributed by atoms with Crippen molar-refractivity contribution in [2.45, 2.75) is 31.8 Å². The third-order valence-electron chi connectivity index (χ3n) is 3.76. The van der Waals surface area contributed by atoms with Gasteiger partial charge in [0, 0.05) is 18.6 Å². The van der Waals surface area contributed by atoms with Crippen LogP contribution in [0.1, 0.15) is 31.4 Å². The van der Waals surface area contributed by atoms with Crippen molar-refractivity contribution in [1.29, 1.82) is 0 Å². The number of nitrogens with zero attached hydrogens (tertiary/aromatic N) is 1. The van der Waals surface area contributed by atoms with E-state index in [1.807, 2.05) is 19.2 Å². The molecule has 0 radical (unpaired) electrons. The first kappa shape index (κ1) is 12.5. The lowest BCUT2D eigenvalue weighted by molar-refractivity contribution is 0.149. The second-order valence-corrected chi connectivity index (χ2v) is 4.85. The molecule has 1 fully saturated rings. The van der Waals surface area contributed by atoms with Gasteiger partial charge >= 0.3 is 0 Å². The van der Waals surface area contributed by atoms with Crippen LogP contribution in [0.2, 0.25) is 0 Å². The summed E-state index contributed by atoms with van der Waals surface area (Å²) in [5, 5.41) is 3.35. The van der Waals surface area contributed by atoms with Crippen LogP contribution in [0.4, 0.5) is 4.39 Å². The van der Waals surface area contributed by atoms with Gasteiger partial charge in [0.15, 0.2) is 0 Å². The fraction of sp³-hybridized carbons (Fsp3) is 0.571. The van der Waals surface area contributed by atoms with Crippen molar-refractivity contribution in [1.82, 2.24) is 10.2 Å². The zero-order valence-electron chi connectivity index (χ0n) is 10.6. The van der Waals surface area contributed by atoms with Crippen molar-refractivity contribution in [3.8, 4) is 0 Å². The molecule has 1 saturated heterocycles. The number of likely N-dealkylation sites (tertiary alicyclic amines) is 1. The number of rotatable bonds is 3. The van der Waals surface area contributed by atoms with Gasteiger partial charge in [0.1, 0.15) is 5.82 Å². The van der Waals surface area contributed by atoms with Gasteiger partial charge in [-0.25, -0.2) is 4.39 Å². The molecular formula is C14H21FN2. The van der Waals surface area contributed by atoms with Gasteiger partial charge in [-0.1, -0.05) is 12.1 Å². The molecule has 0 spiro atoms. The minimum Gasteiger partial charge on any atom is -0.316 e. The first-order valence-corrected chi connectivity index (χ1v) is 6.37. The molecule has 17 heavy (non-hydrogen) atoms. The van der Waals surface area contributed by atoms with Crippen LogP contribution >= 0.6 is 0 Å². The summed E-state index contributed by atoms with van der Waals surface area (Å²) >= 11 is 0. The van der Waals surface area contributed by atoms with E-state index < -0.39 is 0 Å². The summed E-state index contributed by atoms with van der Waals surface area (Å²) in [7, 11) is 2.02. The van der Waals surface area contributed by atoms with Crippen LogP contribution < -0.4 is 5.32 Å². The Balaban J connectivity index is 2.03. The Hall–Kier alpha value is -0.930. The lowest BCUT2D eigenvalue weighted by atomic mass is 10.0. The molecule has 0 bridgehead atoms. The number of piperidine rings is 1. The fourth-order valence-electron chi connectivity index (χ4n) is 2.55. The fourth-order valence-corrected chi connectivity index (χ4v) is 2.55. The predicted molar refractivity (Wildman–Crippen MR) is 68.5 cm³/mol. The first-order valence-electron chi connectivity index (χ1n) is 6.37. The summed E-state index contributed by atoms with van der Waals surface area (Å²) in [6.45, 7) is 4.41. The highest BCUT2D eigenvalue weighted by molar-refractivity contribution is 5.19. The third-order valence-corrected chi connectivity index (χ3v) is 3.76. The Morgan fingerprint density at radius 2 is 2.06 bits per heavy atom. The van der Waals surface area contributed by atoms with Crippen molar-refractivity contribution >= 4 is 0 Å². The Labute approximate surface area is 103 Å². The summed E-state index contributed by atoms with van der Waals surface area (Å²) in [5.74, 6) is -0.160. The van der Waals surface area contributed by atoms with E-state index in [0.717, 1.165) is 13.1 Å². The van der Waals surface area contributed by atoms with Crippen LogP contribution in [-0.2, 0) is 0 Å². The van der Waals surface area contributed by atoms with Crippen molar-refractivity contribution in [2.75, 3.05) is 20.1 Å². The van der Waals surface area contributed by atoms with Crippen molar-refractivity contribution in [3.63, 3.8) is 0 Å². The molecule has 1 aromatic rings. The number of hydrogen-bond acceptors (Lipinski definition) is 2. The molecule has 94 valence electrons. The van der Waals surface area contributed by atoms with Crippen molar-refractivity contribution in [2.24, 2.45) is 0 Å². The van der Waals surface area contributed by atoms with Crippen LogP contribution in [0.5, 0.6) is 0 Å². The van der Waals surface area contributed by atoms with Crippen LogP contribution in [0.3, 0.4) is 0 Å². The lowest BCUT2D eigenvalue weighted by Crippen LogP contribution is -2.45. The molecule has 0 aromatic heterocycles. The predicted octanol–water partition coefficient (Wildman–Crippen LogP) is 2.57. The summed E-state index contributed by atoms with van der Waals surface area (Å²) in [6.07, 6.45) is 2.49. The van der Waals surface area contributed by atoms with E-state index in [4.69, 9.17) is 0 Å². The molecular weight excluding hydrogens is 215 g/mol. The maximum Gasteiger partial charge on any atom is 0.123 e. The van der Waals surface area contributed by atoms with Crippen molar-refractivity contribution in [3.05, 3.63) is 35.6 Å². The topological polar surface area (TPSA) is 15.3 Å². The highest BCUT2D eigenvalue weighted by atomic mass is 19.1. The zero-order valence-corrected chi connectivity index (χ0v) is 10.6. The molecule has 1 aromatic carbocycles. The lowest BCUT2D eigenvalue weighted by Gasteiger charge is -2.36. The van der Waals surface area contributed by atoms with Crippen LogP contribution in [0.25, 0.3) is 0 Å². The van der Waals surface area contributed by atoms with Crippen LogP contribution in [-0.4, -0.2) is 31.1 Å². The van der Waals surface area contributed by atoms with Gasteiger partial charge in [-0.15, -0.1) is 0 Å². The largest absolute Gasteiger partial charge is 0.316 e. The van der Waals surface area contributed by atoms with Gasteiger partial charge in [0.25, 0.3) is 0 Å². The average Bonchev–Trinajstić information content (AvgIpc) is 2.39. The second-order valence-electron chi connectivity index (χ2n) is 4.85. The number of nitrogens with one attached hydrogen (secondary N) is 1. The summed E-state index contributed by atoms with van der Waals surface area (Å²) in [6, 6.07) is 7.83. The summed E-state index contributed by atoms with van der Waals surface area (Å²) < 4.78 is 12.9. The van der Waals surface area contributed by atoms with Gasteiger partial charge in [-0.05, 0) is 51.1 Å². The molecule has 1 heterocycles. The molecule has 3 heteroatoms. The third kappa shape index (κ3) is 3.05. The minimum absolute atomic E-state index is 0.160. The Kier molecular flexibility index (Phi) is 4.13. The quantitative estimate of drug-likeness (QED) is 0.867. The van der Waals surface area contributed by atoms with Crippen molar-refractivity contribution < 1.29 is 4.39 Å². The van der Waals surface area contributed by atoms with E-state index in [1.54, 1.807) is 12.1 Å². The van der Waals surface area contributed by atoms with Gasteiger partial charge in [0.2, 0.25) is 0 Å². The van der Waals surface area contributed by atoms with E-state index in [9.17, 15) is 4.39 Å². The smallest absolute Gasteiger partial charge is 0.123 e. The van der Waals surface area contributed by atoms with Crippen LogP contribution in [0, 0.1) is 5.82 Å². The maximum absolute atomic E-state index is 12.9. The molecule has 0 aliphatic carbocycles. The standard InChI is InChI=1S/C14H21FN2/c1-11(12-5-7-13(15)8-6-12)17-9-3-4-14(10-17)16-2/h5-8,11,14,16H,3-4,9-10H2,1-2H3. The van der Waals surface area contributed by atoms with Gasteiger partial charge in [-0.3, -0.25) is 4.90 Å². The van der Waals surface area contributed by atoms with E-state index in [0.29, 0.717) is 12.1 Å². The van der Waals surface area contributed by atoms with Gasteiger partial charge < -0.3 is 5.32 Å². The number of halogens is 1. The normalized spacial score (nSPS) is 23.6. The number of hydrogen-bond donors (Lipinski definition) is 1. The highest BCUT2D eigenvalue weighted by Gasteiger charge is 2.23. The first-order chi connectivity index (χ1) is 8.20. The zero-order chi connectivity index (χ0) is 12.3. The number of benzene rings is 1. The van der Waals surface area contributed by atoms with Gasteiger partial charge in [-0.2, -0.15) is 0 Å². The molecule has 2 nitrogen and oxygen atoms in total. The van der Waals surface area contributed by atoms with Crippen LogP contribution in [0.15, 0.2) is 24.3 Å². The molecule has 0 amide bonds. The molecule has 1 aliphatic rings. The van der Waals surface area contributed by atoms with E-state index in [2.05, 4.69) is 17.1 Å². The average molecular weight is 236 g/mol. The summed E-state index contributed by atoms with van der Waals surface area (Å²) in [5.41, 5.74) is 1.20. The summed E-state index contributed by atoms with van der Waals surface area (Å²) in [4.78, 5) is 2.47. The van der Waals surface area contributed by atoms with E-state index in [1.165, 1.54) is 18.4 Å². The highest BCUT2D eigenvalue weighted by Crippen LogP contribution is 2.24. The monoisotopic (exact) mass is 236 g/mol. The maximum atomic E-state index is 12.9. The van der Waals surface area contributed by atoms with E-state index in [-0.39, 0.29) is 5.82 Å². The second kappa shape index (κ2) is 5.61. The molecule has 0 saturated carbocycles. The molecule has 2 rings (SSSR count). The van der Waals surface area contributed by atoms with E-state index >= 15 is 0 Å². The number of likely N-dealkylation sites (N-methyl/N-ethyl adjacent to an activating group) is 1. The Bertz CT molecular complexity index is 350.